The van der Waals surface area contributed by atoms with E-state index in [9.17, 15) is 4.79 Å². The second-order valence-electron chi connectivity index (χ2n) is 2.99. The number of nitrogens with one attached hydrogen (secondary N) is 1. The van der Waals surface area contributed by atoms with Crippen LogP contribution in [0.25, 0.3) is 0 Å². The molecule has 15 heavy (non-hydrogen) atoms. The van der Waals surface area contributed by atoms with Crippen molar-refractivity contribution in [1.29, 1.82) is 0 Å². The number of hydrogen-bond acceptors (Lipinski definition) is 2. The third-order valence-corrected chi connectivity index (χ3v) is 2.76. The molecule has 1 unspecified atom stereocenters. The van der Waals surface area contributed by atoms with Crippen molar-refractivity contribution in [2.45, 2.75) is 13.0 Å². The molecular weight excluding hydrogens is 281 g/mol. The number of carbonyl (C=O) groups is 1. The Bertz CT molecular complexity index is 370. The Morgan fingerprint density at radius 1 is 1.67 bits per heavy atom. The van der Waals surface area contributed by atoms with Gasteiger partial charge in [0.1, 0.15) is 6.04 Å². The average molecular weight is 293 g/mol. The molecule has 0 saturated carbocycles. The molecule has 1 aromatic carbocycles. The van der Waals surface area contributed by atoms with Gasteiger partial charge < -0.3 is 10.4 Å². The Hall–Kier alpha value is -0.580. The molecule has 1 atom stereocenters. The van der Waals surface area contributed by atoms with Crippen molar-refractivity contribution < 1.29 is 9.90 Å². The normalized spacial score (nSPS) is 12.5. The van der Waals surface area contributed by atoms with Crippen LogP contribution in [0.2, 0.25) is 5.02 Å². The monoisotopic (exact) mass is 291 g/mol. The lowest BCUT2D eigenvalue weighted by Crippen LogP contribution is -2.28. The highest BCUT2D eigenvalue weighted by atomic mass is 79.9. The first-order chi connectivity index (χ1) is 7.06. The molecule has 0 aliphatic carbocycles. The van der Waals surface area contributed by atoms with Crippen LogP contribution in [-0.2, 0) is 4.79 Å². The molecule has 1 rings (SSSR count). The highest BCUT2D eigenvalue weighted by molar-refractivity contribution is 9.10. The van der Waals surface area contributed by atoms with E-state index in [1.165, 1.54) is 0 Å². The van der Waals surface area contributed by atoms with Gasteiger partial charge in [-0.15, -0.1) is 0 Å². The van der Waals surface area contributed by atoms with Crippen LogP contribution in [0.1, 0.15) is 18.5 Å². The summed E-state index contributed by atoms with van der Waals surface area (Å²) in [6, 6.07) is 4.40. The van der Waals surface area contributed by atoms with E-state index in [0.29, 0.717) is 17.1 Å². The highest BCUT2D eigenvalue weighted by Gasteiger charge is 2.21. The first kappa shape index (κ1) is 12.5. The van der Waals surface area contributed by atoms with Crippen LogP contribution in [0.3, 0.4) is 0 Å². The molecule has 0 aliphatic rings. The minimum absolute atomic E-state index is 0.451. The fourth-order valence-electron chi connectivity index (χ4n) is 1.27. The summed E-state index contributed by atoms with van der Waals surface area (Å²) in [4.78, 5) is 11.0. The Labute approximate surface area is 102 Å². The third kappa shape index (κ3) is 3.19. The molecule has 0 fully saturated rings. The summed E-state index contributed by atoms with van der Waals surface area (Å²) in [7, 11) is 0. The van der Waals surface area contributed by atoms with Crippen molar-refractivity contribution in [3.8, 4) is 0 Å². The molecule has 1 aromatic rings. The van der Waals surface area contributed by atoms with E-state index < -0.39 is 12.0 Å². The van der Waals surface area contributed by atoms with E-state index in [2.05, 4.69) is 21.2 Å². The molecule has 0 radical (unpaired) electrons. The van der Waals surface area contributed by atoms with E-state index in [4.69, 9.17) is 16.7 Å². The van der Waals surface area contributed by atoms with Crippen LogP contribution in [0.15, 0.2) is 22.7 Å². The van der Waals surface area contributed by atoms with Gasteiger partial charge >= 0.3 is 5.97 Å². The number of carboxylic acids is 1. The predicted octanol–water partition coefficient (Wildman–Crippen LogP) is 2.84. The van der Waals surface area contributed by atoms with Gasteiger partial charge in [0.2, 0.25) is 0 Å². The number of halogens is 2. The molecule has 0 spiro atoms. The van der Waals surface area contributed by atoms with E-state index in [-0.39, 0.29) is 0 Å². The largest absolute Gasteiger partial charge is 0.480 e. The molecule has 3 nitrogen and oxygen atoms in total. The molecule has 0 saturated heterocycles. The van der Waals surface area contributed by atoms with Crippen molar-refractivity contribution in [3.63, 3.8) is 0 Å². The maximum absolute atomic E-state index is 11.0. The van der Waals surface area contributed by atoms with Crippen molar-refractivity contribution in [2.75, 3.05) is 6.54 Å². The first-order valence-electron chi connectivity index (χ1n) is 4.47. The molecular formula is C10H11BrClNO2. The van der Waals surface area contributed by atoms with Gasteiger partial charge in [-0.25, -0.2) is 0 Å². The molecule has 0 aliphatic heterocycles. The zero-order valence-electron chi connectivity index (χ0n) is 8.13. The second-order valence-corrected chi connectivity index (χ2v) is 4.32. The number of aliphatic carboxylic acids is 1. The van der Waals surface area contributed by atoms with Gasteiger partial charge in [0.25, 0.3) is 0 Å². The van der Waals surface area contributed by atoms with Gasteiger partial charge in [0, 0.05) is 9.50 Å². The van der Waals surface area contributed by atoms with Gasteiger partial charge in [-0.1, -0.05) is 34.5 Å². The fourth-order valence-corrected chi connectivity index (χ4v) is 1.88. The Morgan fingerprint density at radius 3 is 2.87 bits per heavy atom. The van der Waals surface area contributed by atoms with E-state index in [1.807, 2.05) is 6.92 Å². The van der Waals surface area contributed by atoms with Crippen LogP contribution in [-0.4, -0.2) is 17.6 Å². The summed E-state index contributed by atoms with van der Waals surface area (Å²) in [5.41, 5.74) is 0.570. The van der Waals surface area contributed by atoms with Crippen LogP contribution in [0, 0.1) is 0 Å². The van der Waals surface area contributed by atoms with Crippen LogP contribution in [0.5, 0.6) is 0 Å². The zero-order chi connectivity index (χ0) is 11.4. The first-order valence-corrected chi connectivity index (χ1v) is 5.64. The number of benzene rings is 1. The lowest BCUT2D eigenvalue weighted by Gasteiger charge is -2.15. The van der Waals surface area contributed by atoms with Gasteiger partial charge in [0.15, 0.2) is 0 Å². The Morgan fingerprint density at radius 2 is 2.33 bits per heavy atom. The van der Waals surface area contributed by atoms with Gasteiger partial charge in [-0.05, 0) is 30.3 Å². The van der Waals surface area contributed by atoms with Crippen molar-refractivity contribution in [1.82, 2.24) is 5.32 Å². The van der Waals surface area contributed by atoms with Gasteiger partial charge in [-0.3, -0.25) is 4.79 Å². The number of likely N-dealkylation sites (N-methyl/N-ethyl adjacent to an activating group) is 1. The molecule has 0 amide bonds. The third-order valence-electron chi connectivity index (χ3n) is 1.92. The summed E-state index contributed by atoms with van der Waals surface area (Å²) in [6.45, 7) is 2.42. The summed E-state index contributed by atoms with van der Waals surface area (Å²) < 4.78 is 0.811. The summed E-state index contributed by atoms with van der Waals surface area (Å²) in [5, 5.41) is 12.3. The summed E-state index contributed by atoms with van der Waals surface area (Å²) in [6.07, 6.45) is 0. The minimum atomic E-state index is -0.933. The van der Waals surface area contributed by atoms with E-state index in [0.717, 1.165) is 4.47 Å². The van der Waals surface area contributed by atoms with Gasteiger partial charge in [0.05, 0.1) is 0 Å². The second kappa shape index (κ2) is 5.49. The topological polar surface area (TPSA) is 49.3 Å². The van der Waals surface area contributed by atoms with Crippen molar-refractivity contribution in [3.05, 3.63) is 33.3 Å². The molecule has 2 N–H and O–H groups in total. The summed E-state index contributed by atoms with van der Waals surface area (Å²) in [5.74, 6) is -0.933. The highest BCUT2D eigenvalue weighted by Crippen LogP contribution is 2.26. The molecule has 0 heterocycles. The average Bonchev–Trinajstić information content (AvgIpc) is 2.18. The maximum atomic E-state index is 11.0. The zero-order valence-corrected chi connectivity index (χ0v) is 10.5. The molecule has 0 bridgehead atoms. The minimum Gasteiger partial charge on any atom is -0.480 e. The lowest BCUT2D eigenvalue weighted by atomic mass is 10.1. The van der Waals surface area contributed by atoms with Crippen LogP contribution >= 0.6 is 27.5 Å². The molecule has 0 aromatic heterocycles. The fraction of sp³-hybridized carbons (Fsp3) is 0.300. The predicted molar refractivity (Wildman–Crippen MR) is 63.2 cm³/mol. The van der Waals surface area contributed by atoms with Gasteiger partial charge in [-0.2, -0.15) is 0 Å². The smallest absolute Gasteiger partial charge is 0.325 e. The van der Waals surface area contributed by atoms with Crippen molar-refractivity contribution >= 4 is 33.5 Å². The molecule has 82 valence electrons. The SMILES string of the molecule is CCNC(C(=O)O)c1cc(Br)ccc1Cl. The van der Waals surface area contributed by atoms with Crippen molar-refractivity contribution in [2.24, 2.45) is 0 Å². The number of rotatable bonds is 4. The molecule has 5 heteroatoms. The number of carboxylic acid groups (broad SMARTS) is 1. The Balaban J connectivity index is 3.09. The number of hydrogen-bond donors (Lipinski definition) is 2. The van der Waals surface area contributed by atoms with Crippen LogP contribution in [0.4, 0.5) is 0 Å². The Kier molecular flexibility index (Phi) is 4.57. The summed E-state index contributed by atoms with van der Waals surface area (Å²) >= 11 is 9.23. The maximum Gasteiger partial charge on any atom is 0.325 e. The quantitative estimate of drug-likeness (QED) is 0.897. The standard InChI is InChI=1S/C10H11BrClNO2/c1-2-13-9(10(14)15)7-5-6(11)3-4-8(7)12/h3-5,9,13H,2H2,1H3,(H,14,15). The van der Waals surface area contributed by atoms with Crippen LogP contribution < -0.4 is 5.32 Å². The van der Waals surface area contributed by atoms with E-state index in [1.54, 1.807) is 18.2 Å². The lowest BCUT2D eigenvalue weighted by molar-refractivity contribution is -0.139. The van der Waals surface area contributed by atoms with E-state index >= 15 is 0 Å².